The second-order valence-electron chi connectivity index (χ2n) is 26.0. The summed E-state index contributed by atoms with van der Waals surface area (Å²) >= 11 is 1.91. The Hall–Kier alpha value is -8.50. The molecule has 15 rings (SSSR count). The zero-order valence-corrected chi connectivity index (χ0v) is 50.3. The number of thiophene rings is 1. The number of anilines is 6. The fourth-order valence-electron chi connectivity index (χ4n) is 15.3. The van der Waals surface area contributed by atoms with Crippen LogP contribution in [0.25, 0.3) is 59.8 Å². The van der Waals surface area contributed by atoms with Crippen molar-refractivity contribution in [3.8, 4) is 54.3 Å². The van der Waals surface area contributed by atoms with E-state index in [1.807, 2.05) is 11.3 Å². The summed E-state index contributed by atoms with van der Waals surface area (Å²) in [5.74, 6) is 0. The van der Waals surface area contributed by atoms with Gasteiger partial charge in [-0.15, -0.1) is 11.3 Å². The topological polar surface area (TPSA) is 6.48 Å². The highest BCUT2D eigenvalue weighted by molar-refractivity contribution is 7.19. The Morgan fingerprint density at radius 3 is 1.41 bits per heavy atom. The lowest BCUT2D eigenvalue weighted by Gasteiger charge is -2.30. The van der Waals surface area contributed by atoms with Crippen molar-refractivity contribution in [1.29, 1.82) is 0 Å². The highest BCUT2D eigenvalue weighted by Gasteiger charge is 2.41. The molecule has 2 nitrogen and oxygen atoms in total. The molecule has 5 aliphatic carbocycles. The molecule has 0 amide bonds. The molecule has 10 aromatic rings. The number of hydrogen-bond acceptors (Lipinski definition) is 3. The lowest BCUT2D eigenvalue weighted by molar-refractivity contribution is 0.658. The normalized spacial score (nSPS) is 16.3. The third-order valence-corrected chi connectivity index (χ3v) is 21.1. The first-order valence-corrected chi connectivity index (χ1v) is 30.8. The Morgan fingerprint density at radius 2 is 0.855 bits per heavy atom. The van der Waals surface area contributed by atoms with Gasteiger partial charge in [0.2, 0.25) is 0 Å². The Bertz CT molecular complexity index is 4340. The minimum Gasteiger partial charge on any atom is -0.310 e. The van der Waals surface area contributed by atoms with Crippen LogP contribution in [-0.2, 0) is 28.1 Å². The minimum absolute atomic E-state index is 0.119. The predicted molar refractivity (Wildman–Crippen MR) is 354 cm³/mol. The van der Waals surface area contributed by atoms with Gasteiger partial charge in [0.15, 0.2) is 0 Å². The summed E-state index contributed by atoms with van der Waals surface area (Å²) in [5, 5.41) is 0. The van der Waals surface area contributed by atoms with Crippen LogP contribution in [0.3, 0.4) is 0 Å². The zero-order valence-electron chi connectivity index (χ0n) is 49.5. The maximum Gasteiger partial charge on any atom is 0.0465 e. The molecule has 0 N–H and O–H groups in total. The van der Waals surface area contributed by atoms with Crippen LogP contribution in [0, 0.1) is 6.92 Å². The Balaban J connectivity index is 0.793. The molecule has 0 saturated carbocycles. The van der Waals surface area contributed by atoms with E-state index in [1.165, 1.54) is 144 Å². The van der Waals surface area contributed by atoms with Gasteiger partial charge >= 0.3 is 0 Å². The first-order valence-electron chi connectivity index (χ1n) is 29.9. The largest absolute Gasteiger partial charge is 0.310 e. The van der Waals surface area contributed by atoms with Gasteiger partial charge in [-0.2, -0.15) is 0 Å². The van der Waals surface area contributed by atoms with Gasteiger partial charge < -0.3 is 9.80 Å². The van der Waals surface area contributed by atoms with E-state index in [0.29, 0.717) is 0 Å². The van der Waals surface area contributed by atoms with Crippen molar-refractivity contribution in [2.24, 2.45) is 0 Å². The second kappa shape index (κ2) is 18.5. The SMILES string of the molecule is CCc1cc(-c2ccc(N(c3ccc4c(c3)C(C)(C)c3ccccc3-4)c3ccc4c(c3)C(C)(C)c3ccccc3-4)cc2)sc1-c1ccc(N(c2ccc3c(c2)C(C)(C)C2=CCC=CC=C23)c2ccc3c(c2)C(C)(C)c2cccc(C)c2-3)cc1. The molecular formula is C80H70N2S. The fourth-order valence-corrected chi connectivity index (χ4v) is 16.6. The molecule has 406 valence electrons. The quantitative estimate of drug-likeness (QED) is 0.142. The van der Waals surface area contributed by atoms with E-state index in [4.69, 9.17) is 0 Å². The molecule has 0 atom stereocenters. The van der Waals surface area contributed by atoms with Crippen LogP contribution in [-0.4, -0.2) is 0 Å². The predicted octanol–water partition coefficient (Wildman–Crippen LogP) is 22.4. The summed E-state index contributed by atoms with van der Waals surface area (Å²) in [5.41, 5.74) is 33.5. The molecule has 3 heteroatoms. The van der Waals surface area contributed by atoms with Crippen molar-refractivity contribution >= 4 is 51.0 Å². The molecule has 0 unspecified atom stereocenters. The number of fused-ring (bicyclic) bond motifs is 12. The van der Waals surface area contributed by atoms with Crippen LogP contribution in [0.4, 0.5) is 34.1 Å². The molecule has 1 aromatic heterocycles. The maximum absolute atomic E-state index is 2.50. The van der Waals surface area contributed by atoms with Crippen LogP contribution in [0.15, 0.2) is 224 Å². The van der Waals surface area contributed by atoms with E-state index in [2.05, 4.69) is 297 Å². The van der Waals surface area contributed by atoms with E-state index >= 15 is 0 Å². The third-order valence-electron chi connectivity index (χ3n) is 19.8. The first-order chi connectivity index (χ1) is 40.0. The minimum atomic E-state index is -0.129. The maximum atomic E-state index is 2.50. The number of hydrogen-bond donors (Lipinski definition) is 0. The number of aryl methyl sites for hydroxylation is 2. The van der Waals surface area contributed by atoms with Gasteiger partial charge in [-0.05, 0) is 210 Å². The monoisotopic (exact) mass is 1090 g/mol. The van der Waals surface area contributed by atoms with Crippen molar-refractivity contribution < 1.29 is 0 Å². The van der Waals surface area contributed by atoms with Gasteiger partial charge in [-0.3, -0.25) is 0 Å². The lowest BCUT2D eigenvalue weighted by atomic mass is 9.81. The van der Waals surface area contributed by atoms with Crippen molar-refractivity contribution in [2.45, 2.75) is 104 Å². The number of rotatable bonds is 9. The van der Waals surface area contributed by atoms with Gasteiger partial charge in [-0.25, -0.2) is 0 Å². The lowest BCUT2D eigenvalue weighted by Crippen LogP contribution is -2.18. The molecule has 0 fully saturated rings. The summed E-state index contributed by atoms with van der Waals surface area (Å²) in [6.07, 6.45) is 11.2. The summed E-state index contributed by atoms with van der Waals surface area (Å²) in [4.78, 5) is 7.60. The van der Waals surface area contributed by atoms with Crippen molar-refractivity contribution in [2.75, 3.05) is 9.80 Å². The van der Waals surface area contributed by atoms with Crippen LogP contribution >= 0.6 is 11.3 Å². The van der Waals surface area contributed by atoms with Gasteiger partial charge in [0.1, 0.15) is 0 Å². The van der Waals surface area contributed by atoms with E-state index in [9.17, 15) is 0 Å². The second-order valence-corrected chi connectivity index (χ2v) is 27.0. The molecule has 1 heterocycles. The average molecular weight is 1090 g/mol. The van der Waals surface area contributed by atoms with Gasteiger partial charge in [-0.1, -0.05) is 202 Å². The summed E-state index contributed by atoms with van der Waals surface area (Å²) < 4.78 is 0. The molecule has 0 aliphatic heterocycles. The number of nitrogens with zero attached hydrogens (tertiary/aromatic N) is 2. The molecule has 0 bridgehead atoms. The van der Waals surface area contributed by atoms with Crippen LogP contribution < -0.4 is 9.80 Å². The molecule has 0 radical (unpaired) electrons. The van der Waals surface area contributed by atoms with E-state index in [1.54, 1.807) is 0 Å². The third kappa shape index (κ3) is 7.66. The van der Waals surface area contributed by atoms with Crippen LogP contribution in [0.1, 0.15) is 124 Å². The molecule has 5 aliphatic rings. The van der Waals surface area contributed by atoms with Gasteiger partial charge in [0.05, 0.1) is 0 Å². The Labute approximate surface area is 495 Å². The highest BCUT2D eigenvalue weighted by Crippen LogP contribution is 2.57. The molecule has 0 spiro atoms. The summed E-state index contributed by atoms with van der Waals surface area (Å²) in [6, 6.07) is 74.6. The van der Waals surface area contributed by atoms with E-state index in [-0.39, 0.29) is 21.7 Å². The van der Waals surface area contributed by atoms with Gasteiger partial charge in [0, 0.05) is 65.5 Å². The van der Waals surface area contributed by atoms with E-state index < -0.39 is 0 Å². The Kier molecular flexibility index (Phi) is 11.5. The molecular weight excluding hydrogens is 1020 g/mol. The molecule has 83 heavy (non-hydrogen) atoms. The van der Waals surface area contributed by atoms with Gasteiger partial charge in [0.25, 0.3) is 0 Å². The Morgan fingerprint density at radius 1 is 0.410 bits per heavy atom. The van der Waals surface area contributed by atoms with Crippen molar-refractivity contribution in [1.82, 2.24) is 0 Å². The van der Waals surface area contributed by atoms with Crippen molar-refractivity contribution in [3.63, 3.8) is 0 Å². The van der Waals surface area contributed by atoms with E-state index in [0.717, 1.165) is 24.2 Å². The fraction of sp³-hybridized carbons (Fsp3) is 0.200. The number of allylic oxidation sites excluding steroid dienone is 6. The van der Waals surface area contributed by atoms with Crippen LogP contribution in [0.5, 0.6) is 0 Å². The zero-order chi connectivity index (χ0) is 56.9. The molecule has 0 saturated heterocycles. The molecule has 9 aromatic carbocycles. The summed E-state index contributed by atoms with van der Waals surface area (Å²) in [7, 11) is 0. The first kappa shape index (κ1) is 51.4. The number of benzene rings is 9. The highest BCUT2D eigenvalue weighted by atomic mass is 32.1. The standard InChI is InChI=1S/C80H70N2S/c1-11-50-44-74(51-28-32-53(33-29-51)81(55-37-41-63-60-22-15-17-25-67(60)78(5,6)71(63)45-55)56-38-42-64-61-23-16-18-26-68(61)79(7,8)72(64)46-56)83-76(50)52-30-34-54(35-31-52)82(57-36-40-62-59-21-13-12-14-24-66(59)77(3,4)70(62)47-57)58-39-43-65-73(48-58)80(9,10)69-27-19-20-49(2)75(65)69/h12-13,15-48H,11,14H2,1-10H3. The summed E-state index contributed by atoms with van der Waals surface area (Å²) in [6.45, 7) is 23.7. The van der Waals surface area contributed by atoms with Crippen molar-refractivity contribution in [3.05, 3.63) is 280 Å². The smallest absolute Gasteiger partial charge is 0.0465 e. The average Bonchev–Trinajstić information content (AvgIpc) is 2.66. The van der Waals surface area contributed by atoms with Crippen LogP contribution in [0.2, 0.25) is 0 Å².